The lowest BCUT2D eigenvalue weighted by molar-refractivity contribution is -0.137. The standard InChI is InChI=1S/C17H15ClO3/c1-2-20-17(19)10-9-13-5-3-7-15(11-13)21-16-8-4-6-14(18)12-16/h3-12H,2H2,1H3/b10-9+. The van der Waals surface area contributed by atoms with Crippen molar-refractivity contribution in [2.24, 2.45) is 0 Å². The van der Waals surface area contributed by atoms with Gasteiger partial charge in [0, 0.05) is 11.1 Å². The molecule has 2 aromatic rings. The zero-order valence-corrected chi connectivity index (χ0v) is 12.3. The topological polar surface area (TPSA) is 35.5 Å². The summed E-state index contributed by atoms with van der Waals surface area (Å²) in [6.45, 7) is 2.13. The first-order chi connectivity index (χ1) is 10.2. The Morgan fingerprint density at radius 1 is 1.14 bits per heavy atom. The van der Waals surface area contributed by atoms with Crippen molar-refractivity contribution in [3.63, 3.8) is 0 Å². The Morgan fingerprint density at radius 2 is 1.86 bits per heavy atom. The van der Waals surface area contributed by atoms with Crippen molar-refractivity contribution in [2.45, 2.75) is 6.92 Å². The molecule has 0 aliphatic carbocycles. The Kier molecular flexibility index (Phi) is 5.41. The summed E-state index contributed by atoms with van der Waals surface area (Å²) in [5.41, 5.74) is 0.850. The number of rotatable bonds is 5. The summed E-state index contributed by atoms with van der Waals surface area (Å²) in [5, 5.41) is 0.617. The van der Waals surface area contributed by atoms with Gasteiger partial charge in [-0.3, -0.25) is 0 Å². The van der Waals surface area contributed by atoms with E-state index in [1.54, 1.807) is 25.1 Å². The number of hydrogen-bond donors (Lipinski definition) is 0. The number of halogens is 1. The summed E-state index contributed by atoms with van der Waals surface area (Å²) in [6.07, 6.45) is 3.07. The first kappa shape index (κ1) is 15.1. The Bertz CT molecular complexity index is 650. The van der Waals surface area contributed by atoms with E-state index in [0.717, 1.165) is 5.56 Å². The maximum Gasteiger partial charge on any atom is 0.330 e. The molecule has 0 unspecified atom stereocenters. The van der Waals surface area contributed by atoms with E-state index in [4.69, 9.17) is 21.1 Å². The molecule has 0 saturated heterocycles. The maximum atomic E-state index is 11.3. The Labute approximate surface area is 128 Å². The predicted octanol–water partition coefficient (Wildman–Crippen LogP) is 4.71. The van der Waals surface area contributed by atoms with Crippen LogP contribution >= 0.6 is 11.6 Å². The number of esters is 1. The van der Waals surface area contributed by atoms with Crippen molar-refractivity contribution >= 4 is 23.6 Å². The molecule has 0 heterocycles. The quantitative estimate of drug-likeness (QED) is 0.593. The fourth-order valence-electron chi connectivity index (χ4n) is 1.70. The minimum atomic E-state index is -0.362. The van der Waals surface area contributed by atoms with Crippen LogP contribution in [0.15, 0.2) is 54.6 Å². The molecule has 2 rings (SSSR count). The van der Waals surface area contributed by atoms with Gasteiger partial charge in [-0.2, -0.15) is 0 Å². The van der Waals surface area contributed by atoms with Crippen LogP contribution in [-0.2, 0) is 9.53 Å². The van der Waals surface area contributed by atoms with Crippen molar-refractivity contribution in [3.8, 4) is 11.5 Å². The molecule has 0 N–H and O–H groups in total. The Morgan fingerprint density at radius 3 is 2.57 bits per heavy atom. The summed E-state index contributed by atoms with van der Waals surface area (Å²) in [4.78, 5) is 11.3. The van der Waals surface area contributed by atoms with Crippen LogP contribution in [0, 0.1) is 0 Å². The zero-order valence-electron chi connectivity index (χ0n) is 11.6. The van der Waals surface area contributed by atoms with Crippen LogP contribution in [0.3, 0.4) is 0 Å². The van der Waals surface area contributed by atoms with Crippen LogP contribution in [0.25, 0.3) is 6.08 Å². The zero-order chi connectivity index (χ0) is 15.1. The molecule has 21 heavy (non-hydrogen) atoms. The monoisotopic (exact) mass is 302 g/mol. The third kappa shape index (κ3) is 4.97. The first-order valence-electron chi connectivity index (χ1n) is 6.55. The van der Waals surface area contributed by atoms with Gasteiger partial charge in [0.05, 0.1) is 6.61 Å². The summed E-state index contributed by atoms with van der Waals surface area (Å²) in [7, 11) is 0. The van der Waals surface area contributed by atoms with Gasteiger partial charge in [0.25, 0.3) is 0 Å². The molecule has 0 amide bonds. The van der Waals surface area contributed by atoms with Gasteiger partial charge in [-0.05, 0) is 48.9 Å². The number of carbonyl (C=O) groups is 1. The molecule has 0 saturated carbocycles. The average Bonchev–Trinajstić information content (AvgIpc) is 2.46. The molecule has 0 spiro atoms. The highest BCUT2D eigenvalue weighted by atomic mass is 35.5. The second kappa shape index (κ2) is 7.50. The normalized spacial score (nSPS) is 10.6. The third-order valence-corrected chi connectivity index (χ3v) is 2.82. The van der Waals surface area contributed by atoms with Crippen LogP contribution in [0.2, 0.25) is 5.02 Å². The van der Waals surface area contributed by atoms with E-state index in [1.807, 2.05) is 36.4 Å². The lowest BCUT2D eigenvalue weighted by Gasteiger charge is -2.06. The van der Waals surface area contributed by atoms with Gasteiger partial charge in [0.2, 0.25) is 0 Å². The summed E-state index contributed by atoms with van der Waals surface area (Å²) >= 11 is 5.91. The molecule has 0 fully saturated rings. The summed E-state index contributed by atoms with van der Waals surface area (Å²) in [6, 6.07) is 14.6. The highest BCUT2D eigenvalue weighted by molar-refractivity contribution is 6.30. The van der Waals surface area contributed by atoms with Crippen molar-refractivity contribution in [1.82, 2.24) is 0 Å². The highest BCUT2D eigenvalue weighted by Gasteiger charge is 2.00. The molecule has 4 heteroatoms. The maximum absolute atomic E-state index is 11.3. The molecular formula is C17H15ClO3. The van der Waals surface area contributed by atoms with Crippen molar-refractivity contribution in [1.29, 1.82) is 0 Å². The largest absolute Gasteiger partial charge is 0.463 e. The van der Waals surface area contributed by atoms with Gasteiger partial charge in [0.15, 0.2) is 0 Å². The molecule has 0 radical (unpaired) electrons. The number of ether oxygens (including phenoxy) is 2. The van der Waals surface area contributed by atoms with E-state index in [-0.39, 0.29) is 5.97 Å². The van der Waals surface area contributed by atoms with Crippen LogP contribution in [0.5, 0.6) is 11.5 Å². The van der Waals surface area contributed by atoms with Gasteiger partial charge < -0.3 is 9.47 Å². The van der Waals surface area contributed by atoms with Gasteiger partial charge in [0.1, 0.15) is 11.5 Å². The third-order valence-electron chi connectivity index (χ3n) is 2.59. The number of carbonyl (C=O) groups excluding carboxylic acids is 1. The second-order valence-electron chi connectivity index (χ2n) is 4.22. The number of hydrogen-bond acceptors (Lipinski definition) is 3. The number of benzene rings is 2. The van der Waals surface area contributed by atoms with Crippen molar-refractivity contribution < 1.29 is 14.3 Å². The lowest BCUT2D eigenvalue weighted by atomic mass is 10.2. The summed E-state index contributed by atoms with van der Waals surface area (Å²) < 4.78 is 10.6. The molecular weight excluding hydrogens is 288 g/mol. The minimum absolute atomic E-state index is 0.362. The van der Waals surface area contributed by atoms with Crippen molar-refractivity contribution in [3.05, 3.63) is 65.2 Å². The van der Waals surface area contributed by atoms with Gasteiger partial charge in [-0.15, -0.1) is 0 Å². The van der Waals surface area contributed by atoms with Gasteiger partial charge in [-0.1, -0.05) is 29.8 Å². The van der Waals surface area contributed by atoms with E-state index in [9.17, 15) is 4.79 Å². The predicted molar refractivity (Wildman–Crippen MR) is 83.6 cm³/mol. The molecule has 0 bridgehead atoms. The van der Waals surface area contributed by atoms with E-state index in [2.05, 4.69) is 0 Å². The Hall–Kier alpha value is -2.26. The van der Waals surface area contributed by atoms with Gasteiger partial charge in [-0.25, -0.2) is 4.79 Å². The molecule has 2 aromatic carbocycles. The molecule has 108 valence electrons. The molecule has 0 aliphatic rings. The van der Waals surface area contributed by atoms with E-state index in [1.165, 1.54) is 6.08 Å². The minimum Gasteiger partial charge on any atom is -0.463 e. The van der Waals surface area contributed by atoms with Crippen LogP contribution < -0.4 is 4.74 Å². The van der Waals surface area contributed by atoms with Gasteiger partial charge >= 0.3 is 5.97 Å². The fraction of sp³-hybridized carbons (Fsp3) is 0.118. The van der Waals surface area contributed by atoms with E-state index in [0.29, 0.717) is 23.1 Å². The van der Waals surface area contributed by atoms with Crippen LogP contribution in [0.4, 0.5) is 0 Å². The Balaban J connectivity index is 2.09. The van der Waals surface area contributed by atoms with Crippen LogP contribution in [0.1, 0.15) is 12.5 Å². The average molecular weight is 303 g/mol. The second-order valence-corrected chi connectivity index (χ2v) is 4.65. The molecule has 0 atom stereocenters. The first-order valence-corrected chi connectivity index (χ1v) is 6.93. The smallest absolute Gasteiger partial charge is 0.330 e. The molecule has 0 aliphatic heterocycles. The fourth-order valence-corrected chi connectivity index (χ4v) is 1.88. The SMILES string of the molecule is CCOC(=O)/C=C/c1cccc(Oc2cccc(Cl)c2)c1. The van der Waals surface area contributed by atoms with Crippen molar-refractivity contribution in [2.75, 3.05) is 6.61 Å². The van der Waals surface area contributed by atoms with E-state index < -0.39 is 0 Å². The highest BCUT2D eigenvalue weighted by Crippen LogP contribution is 2.25. The molecule has 0 aromatic heterocycles. The molecule has 3 nitrogen and oxygen atoms in total. The lowest BCUT2D eigenvalue weighted by Crippen LogP contribution is -1.98. The van der Waals surface area contributed by atoms with E-state index >= 15 is 0 Å². The van der Waals surface area contributed by atoms with Crippen LogP contribution in [-0.4, -0.2) is 12.6 Å². The summed E-state index contributed by atoms with van der Waals surface area (Å²) in [5.74, 6) is 0.968.